The van der Waals surface area contributed by atoms with E-state index >= 15 is 0 Å². The second-order valence-electron chi connectivity index (χ2n) is 2.96. The molecule has 17 heavy (non-hydrogen) atoms. The van der Waals surface area contributed by atoms with E-state index in [1.54, 1.807) is 10.1 Å². The average Bonchev–Trinajstić information content (AvgIpc) is 2.65. The third-order valence-electron chi connectivity index (χ3n) is 1.79. The third kappa shape index (κ3) is 4.38. The molecule has 0 saturated carbocycles. The van der Waals surface area contributed by atoms with Crippen LogP contribution in [-0.4, -0.2) is 18.0 Å². The number of anilines is 1. The summed E-state index contributed by atoms with van der Waals surface area (Å²) in [6.07, 6.45) is 0. The molecule has 1 N–H and O–H groups in total. The molecule has 0 saturated heterocycles. The van der Waals surface area contributed by atoms with Crippen molar-refractivity contribution < 1.29 is 42.5 Å². The van der Waals surface area contributed by atoms with E-state index in [-0.39, 0.29) is 34.7 Å². The molecule has 0 aliphatic carbocycles. The van der Waals surface area contributed by atoms with Crippen LogP contribution in [0.1, 0.15) is 0 Å². The van der Waals surface area contributed by atoms with Crippen molar-refractivity contribution in [1.29, 1.82) is 0 Å². The fraction of sp³-hybridized carbons (Fsp3) is 0. The van der Waals surface area contributed by atoms with E-state index in [1.165, 1.54) is 0 Å². The summed E-state index contributed by atoms with van der Waals surface area (Å²) >= 11 is 1.07. The van der Waals surface area contributed by atoms with Crippen LogP contribution in [0.2, 0.25) is 0 Å². The number of aromatic nitrogens is 1. The molecule has 0 unspecified atom stereocenters. The maximum atomic E-state index is 10.4. The van der Waals surface area contributed by atoms with E-state index in [2.05, 4.69) is 4.98 Å². The van der Waals surface area contributed by atoms with Gasteiger partial charge in [-0.3, -0.25) is 4.72 Å². The fourth-order valence-corrected chi connectivity index (χ4v) is 2.49. The van der Waals surface area contributed by atoms with E-state index in [1.807, 2.05) is 30.3 Å². The Bertz CT molecular complexity index is 583. The minimum absolute atomic E-state index is 0. The first-order valence-corrected chi connectivity index (χ1v) is 6.58. The van der Waals surface area contributed by atoms with Gasteiger partial charge in [0.05, 0.1) is 5.69 Å². The van der Waals surface area contributed by atoms with Gasteiger partial charge in [0.1, 0.15) is 0 Å². The minimum Gasteiger partial charge on any atom is -0.731 e. The molecule has 0 atom stereocenters. The van der Waals surface area contributed by atoms with Crippen molar-refractivity contribution in [3.63, 3.8) is 0 Å². The van der Waals surface area contributed by atoms with E-state index in [9.17, 15) is 13.0 Å². The molecule has 0 fully saturated rings. The molecule has 8 heteroatoms. The summed E-state index contributed by atoms with van der Waals surface area (Å²) in [5, 5.41) is 1.76. The van der Waals surface area contributed by atoms with Gasteiger partial charge in [-0.25, -0.2) is 13.4 Å². The Morgan fingerprint density at radius 2 is 1.88 bits per heavy atom. The standard InChI is InChI=1S/C9H8N2O3S2.Na/c12-16(13,14)11-9-10-8(6-15-9)7-4-2-1-3-5-7;/h1-6H,(H,10,11)(H,12,13,14);/q;+1/p-1. The molecule has 0 aliphatic heterocycles. The normalized spacial score (nSPS) is 10.6. The van der Waals surface area contributed by atoms with Crippen LogP contribution < -0.4 is 34.3 Å². The zero-order valence-electron chi connectivity index (χ0n) is 8.95. The Hall–Kier alpha value is -0.440. The quantitative estimate of drug-likeness (QED) is 0.558. The predicted octanol–water partition coefficient (Wildman–Crippen LogP) is -1.31. The Balaban J connectivity index is 0.00000144. The molecule has 1 aromatic heterocycles. The van der Waals surface area contributed by atoms with Gasteiger partial charge in [-0.1, -0.05) is 30.3 Å². The van der Waals surface area contributed by atoms with Gasteiger partial charge >= 0.3 is 29.6 Å². The molecule has 5 nitrogen and oxygen atoms in total. The van der Waals surface area contributed by atoms with Gasteiger partial charge in [-0.2, -0.15) is 0 Å². The summed E-state index contributed by atoms with van der Waals surface area (Å²) in [7, 11) is -4.50. The van der Waals surface area contributed by atoms with Gasteiger partial charge < -0.3 is 4.55 Å². The molecular weight excluding hydrogens is 271 g/mol. The molecule has 1 heterocycles. The number of hydrogen-bond donors (Lipinski definition) is 1. The topological polar surface area (TPSA) is 82.1 Å². The summed E-state index contributed by atoms with van der Waals surface area (Å²) in [6.45, 7) is 0. The largest absolute Gasteiger partial charge is 1.00 e. The average molecular weight is 278 g/mol. The van der Waals surface area contributed by atoms with E-state index in [0.29, 0.717) is 5.69 Å². The van der Waals surface area contributed by atoms with Gasteiger partial charge in [0.15, 0.2) is 15.4 Å². The summed E-state index contributed by atoms with van der Waals surface area (Å²) in [6, 6.07) is 9.28. The minimum atomic E-state index is -4.50. The summed E-state index contributed by atoms with van der Waals surface area (Å²) in [5.74, 6) is 0. The molecule has 0 radical (unpaired) electrons. The fourth-order valence-electron chi connectivity index (χ4n) is 1.17. The molecule has 0 aliphatic rings. The molecule has 0 amide bonds. The van der Waals surface area contributed by atoms with E-state index in [4.69, 9.17) is 0 Å². The monoisotopic (exact) mass is 278 g/mol. The number of hydrogen-bond acceptors (Lipinski definition) is 5. The van der Waals surface area contributed by atoms with Crippen LogP contribution in [0.3, 0.4) is 0 Å². The maximum absolute atomic E-state index is 10.4. The van der Waals surface area contributed by atoms with Crippen LogP contribution in [0.25, 0.3) is 11.3 Å². The first-order chi connectivity index (χ1) is 7.54. The number of nitrogens with one attached hydrogen (secondary N) is 1. The van der Waals surface area contributed by atoms with Crippen LogP contribution in [-0.2, 0) is 10.3 Å². The van der Waals surface area contributed by atoms with Gasteiger partial charge in [0.2, 0.25) is 0 Å². The zero-order chi connectivity index (χ0) is 11.6. The molecule has 0 bridgehead atoms. The maximum Gasteiger partial charge on any atom is 1.00 e. The predicted molar refractivity (Wildman–Crippen MR) is 60.9 cm³/mol. The Labute approximate surface area is 125 Å². The number of rotatable bonds is 3. The smallest absolute Gasteiger partial charge is 0.731 e. The van der Waals surface area contributed by atoms with Gasteiger partial charge in [-0.05, 0) is 0 Å². The summed E-state index contributed by atoms with van der Waals surface area (Å²) in [5.41, 5.74) is 1.51. The van der Waals surface area contributed by atoms with E-state index < -0.39 is 10.3 Å². The third-order valence-corrected chi connectivity index (χ3v) is 3.12. The Morgan fingerprint density at radius 1 is 1.24 bits per heavy atom. The van der Waals surface area contributed by atoms with Crippen molar-refractivity contribution in [3.05, 3.63) is 35.7 Å². The molecule has 2 aromatic rings. The summed E-state index contributed by atoms with van der Waals surface area (Å²) < 4.78 is 33.1. The first-order valence-electron chi connectivity index (χ1n) is 4.29. The van der Waals surface area contributed by atoms with Crippen molar-refractivity contribution in [3.8, 4) is 11.3 Å². The molecule has 84 valence electrons. The SMILES string of the molecule is O=S(=O)([O-])Nc1nc(-c2ccccc2)cs1.[Na+]. The Morgan fingerprint density at radius 3 is 2.47 bits per heavy atom. The Kier molecular flexibility index (Phi) is 5.11. The van der Waals surface area contributed by atoms with Crippen LogP contribution in [0.15, 0.2) is 35.7 Å². The van der Waals surface area contributed by atoms with Crippen molar-refractivity contribution in [2.24, 2.45) is 0 Å². The number of benzene rings is 1. The van der Waals surface area contributed by atoms with Crippen LogP contribution in [0.4, 0.5) is 5.13 Å². The molecule has 2 rings (SSSR count). The van der Waals surface area contributed by atoms with Crippen molar-refractivity contribution in [2.75, 3.05) is 4.72 Å². The summed E-state index contributed by atoms with van der Waals surface area (Å²) in [4.78, 5) is 3.99. The van der Waals surface area contributed by atoms with Crippen LogP contribution in [0.5, 0.6) is 0 Å². The molecule has 1 aromatic carbocycles. The number of thiazole rings is 1. The van der Waals surface area contributed by atoms with Crippen molar-refractivity contribution >= 4 is 26.8 Å². The van der Waals surface area contributed by atoms with Crippen molar-refractivity contribution in [2.45, 2.75) is 0 Å². The zero-order valence-corrected chi connectivity index (χ0v) is 12.6. The molecule has 0 spiro atoms. The van der Waals surface area contributed by atoms with Crippen LogP contribution in [0, 0.1) is 0 Å². The first kappa shape index (κ1) is 14.6. The van der Waals surface area contributed by atoms with Crippen molar-refractivity contribution in [1.82, 2.24) is 4.98 Å². The van der Waals surface area contributed by atoms with Gasteiger partial charge in [0, 0.05) is 10.9 Å². The number of nitrogens with zero attached hydrogens (tertiary/aromatic N) is 1. The second kappa shape index (κ2) is 5.94. The second-order valence-corrected chi connectivity index (χ2v) is 4.93. The molecular formula is C9H7N2NaO3S2. The van der Waals surface area contributed by atoms with Gasteiger partial charge in [0.25, 0.3) is 0 Å². The van der Waals surface area contributed by atoms with E-state index in [0.717, 1.165) is 16.9 Å². The van der Waals surface area contributed by atoms with Crippen LogP contribution >= 0.6 is 11.3 Å². The van der Waals surface area contributed by atoms with Gasteiger partial charge in [-0.15, -0.1) is 11.3 Å².